The number of benzene rings is 1. The number of aromatic amines is 1. The number of aromatic nitrogens is 3. The molecule has 3 rings (SSSR count). The molecule has 3 aromatic rings. The number of aryl methyl sites for hydroxylation is 1. The van der Waals surface area contributed by atoms with Crippen LogP contribution in [0.15, 0.2) is 30.5 Å². The minimum absolute atomic E-state index is 0.305. The van der Waals surface area contributed by atoms with Gasteiger partial charge in [-0.15, -0.1) is 0 Å². The van der Waals surface area contributed by atoms with E-state index >= 15 is 0 Å². The summed E-state index contributed by atoms with van der Waals surface area (Å²) in [4.78, 5) is 16.5. The number of anilines is 1. The van der Waals surface area contributed by atoms with Gasteiger partial charge in [-0.1, -0.05) is 12.1 Å². The Balaban J connectivity index is 1.95. The monoisotopic (exact) mass is 340 g/mol. The van der Waals surface area contributed by atoms with Crippen molar-refractivity contribution in [3.63, 3.8) is 0 Å². The van der Waals surface area contributed by atoms with Crippen molar-refractivity contribution in [2.75, 3.05) is 19.0 Å². The lowest BCUT2D eigenvalue weighted by Crippen LogP contribution is -2.11. The Hall–Kier alpha value is -3.09. The average molecular weight is 340 g/mol. The number of pyridine rings is 1. The van der Waals surface area contributed by atoms with Crippen molar-refractivity contribution in [3.8, 4) is 5.75 Å². The van der Waals surface area contributed by atoms with E-state index in [1.54, 1.807) is 14.0 Å². The molecule has 0 saturated carbocycles. The molecule has 0 saturated heterocycles. The molecule has 1 aromatic carbocycles. The van der Waals surface area contributed by atoms with Crippen LogP contribution in [-0.4, -0.2) is 34.9 Å². The Labute approximate surface area is 145 Å². The van der Waals surface area contributed by atoms with Crippen LogP contribution in [0, 0.1) is 6.92 Å². The predicted molar refractivity (Wildman–Crippen MR) is 94.9 cm³/mol. The summed E-state index contributed by atoms with van der Waals surface area (Å²) in [5.74, 6) is 0.391. The van der Waals surface area contributed by atoms with Crippen molar-refractivity contribution >= 4 is 22.7 Å². The van der Waals surface area contributed by atoms with Crippen molar-refractivity contribution in [1.29, 1.82) is 0 Å². The van der Waals surface area contributed by atoms with Gasteiger partial charge in [0.2, 0.25) is 0 Å². The molecule has 0 unspecified atom stereocenters. The van der Waals surface area contributed by atoms with Gasteiger partial charge in [-0.25, -0.2) is 9.78 Å². The normalized spacial score (nSPS) is 10.7. The lowest BCUT2D eigenvalue weighted by Gasteiger charge is -2.13. The molecule has 0 bridgehead atoms. The zero-order valence-electron chi connectivity index (χ0n) is 14.4. The molecule has 0 aliphatic rings. The summed E-state index contributed by atoms with van der Waals surface area (Å²) in [6, 6.07) is 7.73. The molecular formula is C18H20N4O3. The standard InChI is InChI=1S/C18H20N4O3/c1-4-25-18(23)14-10-20-17-15(11(2)21-22-17)16(14)19-9-12-5-7-13(24-3)8-6-12/h5-8,10H,4,9H2,1-3H3,(H2,19,20,21,22). The van der Waals surface area contributed by atoms with E-state index in [1.807, 2.05) is 31.2 Å². The summed E-state index contributed by atoms with van der Waals surface area (Å²) < 4.78 is 10.3. The quantitative estimate of drug-likeness (QED) is 0.670. The Morgan fingerprint density at radius 3 is 2.72 bits per heavy atom. The molecule has 0 amide bonds. The third-order valence-electron chi connectivity index (χ3n) is 3.89. The highest BCUT2D eigenvalue weighted by Gasteiger charge is 2.19. The van der Waals surface area contributed by atoms with E-state index in [0.29, 0.717) is 30.0 Å². The van der Waals surface area contributed by atoms with E-state index in [9.17, 15) is 4.79 Å². The number of hydrogen-bond acceptors (Lipinski definition) is 6. The molecule has 0 radical (unpaired) electrons. The van der Waals surface area contributed by atoms with Gasteiger partial charge >= 0.3 is 5.97 Å². The van der Waals surface area contributed by atoms with Crippen LogP contribution in [-0.2, 0) is 11.3 Å². The van der Waals surface area contributed by atoms with Crippen LogP contribution in [0.2, 0.25) is 0 Å². The molecule has 0 aliphatic heterocycles. The van der Waals surface area contributed by atoms with E-state index < -0.39 is 5.97 Å². The maximum Gasteiger partial charge on any atom is 0.341 e. The van der Waals surface area contributed by atoms with Gasteiger partial charge in [0.15, 0.2) is 5.65 Å². The molecule has 0 fully saturated rings. The molecule has 7 heteroatoms. The van der Waals surface area contributed by atoms with E-state index in [4.69, 9.17) is 9.47 Å². The van der Waals surface area contributed by atoms with Crippen molar-refractivity contribution < 1.29 is 14.3 Å². The Morgan fingerprint density at radius 1 is 1.28 bits per heavy atom. The fourth-order valence-corrected chi connectivity index (χ4v) is 2.62. The molecule has 130 valence electrons. The van der Waals surface area contributed by atoms with E-state index in [0.717, 1.165) is 22.4 Å². The number of carbonyl (C=O) groups is 1. The third kappa shape index (κ3) is 3.40. The van der Waals surface area contributed by atoms with Gasteiger partial charge < -0.3 is 14.8 Å². The number of nitrogens with zero attached hydrogens (tertiary/aromatic N) is 2. The third-order valence-corrected chi connectivity index (χ3v) is 3.89. The average Bonchev–Trinajstić information content (AvgIpc) is 3.01. The van der Waals surface area contributed by atoms with E-state index in [1.165, 1.54) is 6.20 Å². The molecule has 2 heterocycles. The number of esters is 1. The molecule has 0 atom stereocenters. The first-order valence-corrected chi connectivity index (χ1v) is 8.01. The van der Waals surface area contributed by atoms with Crippen molar-refractivity contribution in [3.05, 3.63) is 47.3 Å². The Morgan fingerprint density at radius 2 is 2.04 bits per heavy atom. The number of nitrogens with one attached hydrogen (secondary N) is 2. The highest BCUT2D eigenvalue weighted by atomic mass is 16.5. The zero-order valence-corrected chi connectivity index (χ0v) is 14.4. The van der Waals surface area contributed by atoms with Crippen molar-refractivity contribution in [2.45, 2.75) is 20.4 Å². The number of carbonyl (C=O) groups excluding carboxylic acids is 1. The predicted octanol–water partition coefficient (Wildman–Crippen LogP) is 3.06. The highest BCUT2D eigenvalue weighted by molar-refractivity contribution is 6.04. The lowest BCUT2D eigenvalue weighted by atomic mass is 10.1. The van der Waals surface area contributed by atoms with Crippen LogP contribution >= 0.6 is 0 Å². The van der Waals surface area contributed by atoms with Gasteiger partial charge in [-0.05, 0) is 31.5 Å². The second-order valence-corrected chi connectivity index (χ2v) is 5.52. The fourth-order valence-electron chi connectivity index (χ4n) is 2.62. The molecule has 2 aromatic heterocycles. The fraction of sp³-hybridized carbons (Fsp3) is 0.278. The number of rotatable bonds is 6. The zero-order chi connectivity index (χ0) is 17.8. The Bertz CT molecular complexity index is 887. The molecule has 7 nitrogen and oxygen atoms in total. The van der Waals surface area contributed by atoms with Gasteiger partial charge in [0, 0.05) is 18.4 Å². The van der Waals surface area contributed by atoms with Crippen LogP contribution < -0.4 is 10.1 Å². The summed E-state index contributed by atoms with van der Waals surface area (Å²) in [5, 5.41) is 11.2. The summed E-state index contributed by atoms with van der Waals surface area (Å²) in [7, 11) is 1.63. The van der Waals surface area contributed by atoms with Crippen LogP contribution in [0.1, 0.15) is 28.5 Å². The lowest BCUT2D eigenvalue weighted by molar-refractivity contribution is 0.0527. The maximum absolute atomic E-state index is 12.3. The first-order chi connectivity index (χ1) is 12.1. The largest absolute Gasteiger partial charge is 0.497 e. The minimum atomic E-state index is -0.408. The number of ether oxygens (including phenoxy) is 2. The summed E-state index contributed by atoms with van der Waals surface area (Å²) in [6.45, 7) is 4.52. The molecule has 25 heavy (non-hydrogen) atoms. The van der Waals surface area contributed by atoms with E-state index in [2.05, 4.69) is 20.5 Å². The van der Waals surface area contributed by atoms with Crippen molar-refractivity contribution in [1.82, 2.24) is 15.2 Å². The Kier molecular flexibility index (Phi) is 4.83. The number of fused-ring (bicyclic) bond motifs is 1. The minimum Gasteiger partial charge on any atom is -0.497 e. The van der Waals surface area contributed by atoms with Gasteiger partial charge in [0.05, 0.1) is 24.8 Å². The van der Waals surface area contributed by atoms with Crippen LogP contribution in [0.4, 0.5) is 5.69 Å². The first kappa shape index (κ1) is 16.8. The molecular weight excluding hydrogens is 320 g/mol. The van der Waals surface area contributed by atoms with Crippen LogP contribution in [0.3, 0.4) is 0 Å². The molecule has 0 aliphatic carbocycles. The van der Waals surface area contributed by atoms with Crippen molar-refractivity contribution in [2.24, 2.45) is 0 Å². The van der Waals surface area contributed by atoms with Crippen LogP contribution in [0.5, 0.6) is 5.75 Å². The summed E-state index contributed by atoms with van der Waals surface area (Å²) in [5.41, 5.74) is 3.52. The molecule has 0 spiro atoms. The van der Waals surface area contributed by atoms with E-state index in [-0.39, 0.29) is 0 Å². The first-order valence-electron chi connectivity index (χ1n) is 8.01. The van der Waals surface area contributed by atoms with Crippen LogP contribution in [0.25, 0.3) is 11.0 Å². The highest BCUT2D eigenvalue weighted by Crippen LogP contribution is 2.28. The summed E-state index contributed by atoms with van der Waals surface area (Å²) in [6.07, 6.45) is 1.50. The number of hydrogen-bond donors (Lipinski definition) is 2. The van der Waals surface area contributed by atoms with Gasteiger partial charge in [0.25, 0.3) is 0 Å². The second kappa shape index (κ2) is 7.21. The second-order valence-electron chi connectivity index (χ2n) is 5.52. The topological polar surface area (TPSA) is 89.1 Å². The number of H-pyrrole nitrogens is 1. The number of methoxy groups -OCH3 is 1. The van der Waals surface area contributed by atoms with Gasteiger partial charge in [-0.3, -0.25) is 5.10 Å². The summed E-state index contributed by atoms with van der Waals surface area (Å²) >= 11 is 0. The molecule has 2 N–H and O–H groups in total. The van der Waals surface area contributed by atoms with Gasteiger partial charge in [-0.2, -0.15) is 5.10 Å². The SMILES string of the molecule is CCOC(=O)c1cnc2n[nH]c(C)c2c1NCc1ccc(OC)cc1. The maximum atomic E-state index is 12.3. The van der Waals surface area contributed by atoms with Gasteiger partial charge in [0.1, 0.15) is 11.3 Å². The smallest absolute Gasteiger partial charge is 0.341 e.